The Bertz CT molecular complexity index is 1250. The molecule has 0 bridgehead atoms. The first-order valence-corrected chi connectivity index (χ1v) is 13.1. The number of sulfonamides is 1. The molecule has 35 heavy (non-hydrogen) atoms. The van der Waals surface area contributed by atoms with Crippen LogP contribution in [0.5, 0.6) is 5.75 Å². The highest BCUT2D eigenvalue weighted by atomic mass is 32.2. The summed E-state index contributed by atoms with van der Waals surface area (Å²) in [5.74, 6) is 0.883. The highest BCUT2D eigenvalue weighted by Gasteiger charge is 2.32. The lowest BCUT2D eigenvalue weighted by atomic mass is 9.97. The van der Waals surface area contributed by atoms with Gasteiger partial charge in [-0.05, 0) is 54.2 Å². The first-order chi connectivity index (χ1) is 16.8. The smallest absolute Gasteiger partial charge is 0.322 e. The van der Waals surface area contributed by atoms with Gasteiger partial charge in [-0.15, -0.1) is 5.10 Å². The van der Waals surface area contributed by atoms with Gasteiger partial charge in [-0.3, -0.25) is 10.1 Å². The lowest BCUT2D eigenvalue weighted by Gasteiger charge is -2.30. The van der Waals surface area contributed by atoms with Gasteiger partial charge in [0, 0.05) is 19.0 Å². The Hall–Kier alpha value is -3.24. The molecule has 0 saturated carbocycles. The van der Waals surface area contributed by atoms with E-state index in [0.29, 0.717) is 36.8 Å². The minimum Gasteiger partial charge on any atom is -0.497 e. The van der Waals surface area contributed by atoms with Crippen molar-refractivity contribution < 1.29 is 22.4 Å². The molecule has 1 N–H and O–H groups in total. The van der Waals surface area contributed by atoms with Gasteiger partial charge < -0.3 is 9.15 Å². The third kappa shape index (κ3) is 5.88. The zero-order valence-corrected chi connectivity index (χ0v) is 20.9. The minimum atomic E-state index is -3.62. The summed E-state index contributed by atoms with van der Waals surface area (Å²) in [4.78, 5) is 12.9. The van der Waals surface area contributed by atoms with Crippen LogP contribution in [0, 0.1) is 5.92 Å². The standard InChI is InChI=1S/C25H30N4O5S/c1-17(2)19-6-4-18(5-7-19)16-23-27-28-25(34-23)26-24(30)20-12-14-29(15-13-20)35(31,32)22-10-8-21(33-3)9-11-22/h4-11,17,20H,12-16H2,1-3H3,(H,26,28,30). The SMILES string of the molecule is COc1ccc(S(=O)(=O)N2CCC(C(=O)Nc3nnc(Cc4ccc(C(C)C)cc4)o3)CC2)cc1. The number of anilines is 1. The summed E-state index contributed by atoms with van der Waals surface area (Å²) in [7, 11) is -2.10. The third-order valence-corrected chi connectivity index (χ3v) is 8.13. The fourth-order valence-corrected chi connectivity index (χ4v) is 5.50. The Kier molecular flexibility index (Phi) is 7.51. The van der Waals surface area contributed by atoms with Crippen molar-refractivity contribution in [2.24, 2.45) is 5.92 Å². The maximum atomic E-state index is 12.9. The van der Waals surface area contributed by atoms with Crippen molar-refractivity contribution in [3.63, 3.8) is 0 Å². The predicted octanol–water partition coefficient (Wildman–Crippen LogP) is 3.83. The maximum absolute atomic E-state index is 12.9. The van der Waals surface area contributed by atoms with Gasteiger partial charge in [0.1, 0.15) is 5.75 Å². The highest BCUT2D eigenvalue weighted by Crippen LogP contribution is 2.26. The first-order valence-electron chi connectivity index (χ1n) is 11.6. The van der Waals surface area contributed by atoms with Gasteiger partial charge >= 0.3 is 6.01 Å². The van der Waals surface area contributed by atoms with E-state index in [1.54, 1.807) is 12.1 Å². The lowest BCUT2D eigenvalue weighted by molar-refractivity contribution is -0.121. The Morgan fingerprint density at radius 3 is 2.34 bits per heavy atom. The molecule has 0 unspecified atom stereocenters. The van der Waals surface area contributed by atoms with E-state index in [0.717, 1.165) is 5.56 Å². The fourth-order valence-electron chi connectivity index (χ4n) is 4.03. The Morgan fingerprint density at radius 1 is 1.09 bits per heavy atom. The number of carbonyl (C=O) groups excluding carboxylic acids is 1. The van der Waals surface area contributed by atoms with Crippen LogP contribution in [-0.4, -0.2) is 49.0 Å². The average Bonchev–Trinajstić information content (AvgIpc) is 3.31. The second-order valence-electron chi connectivity index (χ2n) is 8.92. The number of carbonyl (C=O) groups is 1. The zero-order chi connectivity index (χ0) is 25.0. The third-order valence-electron chi connectivity index (χ3n) is 6.22. The topological polar surface area (TPSA) is 115 Å². The number of amides is 1. The van der Waals surface area contributed by atoms with Crippen LogP contribution in [0.1, 0.15) is 49.6 Å². The van der Waals surface area contributed by atoms with Crippen LogP contribution in [-0.2, 0) is 21.2 Å². The molecule has 1 aromatic heterocycles. The van der Waals surface area contributed by atoms with E-state index in [2.05, 4.69) is 41.5 Å². The Balaban J connectivity index is 1.30. The average molecular weight is 499 g/mol. The van der Waals surface area contributed by atoms with E-state index in [1.165, 1.54) is 29.1 Å². The molecule has 2 aromatic carbocycles. The number of nitrogens with one attached hydrogen (secondary N) is 1. The second-order valence-corrected chi connectivity index (χ2v) is 10.9. The summed E-state index contributed by atoms with van der Waals surface area (Å²) in [5, 5.41) is 10.6. The van der Waals surface area contributed by atoms with E-state index < -0.39 is 10.0 Å². The van der Waals surface area contributed by atoms with E-state index in [1.807, 2.05) is 12.1 Å². The van der Waals surface area contributed by atoms with Gasteiger partial charge in [-0.1, -0.05) is 43.2 Å². The summed E-state index contributed by atoms with van der Waals surface area (Å²) in [6, 6.07) is 14.6. The van der Waals surface area contributed by atoms with Crippen molar-refractivity contribution in [3.05, 3.63) is 65.5 Å². The molecule has 4 rings (SSSR count). The summed E-state index contributed by atoms with van der Waals surface area (Å²) >= 11 is 0. The number of hydrogen-bond donors (Lipinski definition) is 1. The van der Waals surface area contributed by atoms with Gasteiger partial charge in [0.25, 0.3) is 0 Å². The molecule has 1 fully saturated rings. The Labute approximate surface area is 205 Å². The van der Waals surface area contributed by atoms with E-state index in [-0.39, 0.29) is 35.8 Å². The number of benzene rings is 2. The monoisotopic (exact) mass is 498 g/mol. The molecule has 0 radical (unpaired) electrons. The summed E-state index contributed by atoms with van der Waals surface area (Å²) in [6.07, 6.45) is 1.29. The summed E-state index contributed by atoms with van der Waals surface area (Å²) in [5.41, 5.74) is 2.30. The fraction of sp³-hybridized carbons (Fsp3) is 0.400. The number of aromatic nitrogens is 2. The molecule has 1 amide bonds. The van der Waals surface area contributed by atoms with E-state index in [4.69, 9.17) is 9.15 Å². The molecule has 186 valence electrons. The minimum absolute atomic E-state index is 0.0529. The molecule has 0 spiro atoms. The van der Waals surface area contributed by atoms with Crippen molar-refractivity contribution >= 4 is 21.9 Å². The van der Waals surface area contributed by atoms with E-state index in [9.17, 15) is 13.2 Å². The van der Waals surface area contributed by atoms with Gasteiger partial charge in [0.2, 0.25) is 21.8 Å². The summed E-state index contributed by atoms with van der Waals surface area (Å²) < 4.78 is 37.9. The molecule has 0 aliphatic carbocycles. The van der Waals surface area contributed by atoms with Crippen LogP contribution in [0.25, 0.3) is 0 Å². The van der Waals surface area contributed by atoms with Gasteiger partial charge in [0.15, 0.2) is 0 Å². The first kappa shape index (κ1) is 24.9. The largest absolute Gasteiger partial charge is 0.497 e. The van der Waals surface area contributed by atoms with Crippen molar-refractivity contribution in [1.82, 2.24) is 14.5 Å². The van der Waals surface area contributed by atoms with Gasteiger partial charge in [-0.2, -0.15) is 4.31 Å². The number of rotatable bonds is 8. The second kappa shape index (κ2) is 10.6. The van der Waals surface area contributed by atoms with Crippen molar-refractivity contribution in [2.75, 3.05) is 25.5 Å². The normalized spacial score (nSPS) is 15.3. The number of piperidine rings is 1. The molecule has 3 aromatic rings. The number of nitrogens with zero attached hydrogens (tertiary/aromatic N) is 3. The zero-order valence-electron chi connectivity index (χ0n) is 20.1. The van der Waals surface area contributed by atoms with Crippen LogP contribution in [0.15, 0.2) is 57.8 Å². The highest BCUT2D eigenvalue weighted by molar-refractivity contribution is 7.89. The van der Waals surface area contributed by atoms with E-state index >= 15 is 0 Å². The lowest BCUT2D eigenvalue weighted by Crippen LogP contribution is -2.41. The van der Waals surface area contributed by atoms with Crippen LogP contribution < -0.4 is 10.1 Å². The molecular formula is C25H30N4O5S. The van der Waals surface area contributed by atoms with Crippen LogP contribution >= 0.6 is 0 Å². The Morgan fingerprint density at radius 2 is 1.74 bits per heavy atom. The van der Waals surface area contributed by atoms with Crippen molar-refractivity contribution in [2.45, 2.75) is 43.9 Å². The molecule has 1 saturated heterocycles. The van der Waals surface area contributed by atoms with Crippen LogP contribution in [0.2, 0.25) is 0 Å². The molecule has 9 nitrogen and oxygen atoms in total. The van der Waals surface area contributed by atoms with Gasteiger partial charge in [0.05, 0.1) is 18.4 Å². The maximum Gasteiger partial charge on any atom is 0.322 e. The molecule has 2 heterocycles. The van der Waals surface area contributed by atoms with Crippen molar-refractivity contribution in [1.29, 1.82) is 0 Å². The number of ether oxygens (including phenoxy) is 1. The number of methoxy groups -OCH3 is 1. The molecule has 1 aliphatic heterocycles. The molecule has 1 aliphatic rings. The van der Waals surface area contributed by atoms with Crippen LogP contribution in [0.3, 0.4) is 0 Å². The number of hydrogen-bond acceptors (Lipinski definition) is 7. The summed E-state index contributed by atoms with van der Waals surface area (Å²) in [6.45, 7) is 4.80. The van der Waals surface area contributed by atoms with Gasteiger partial charge in [-0.25, -0.2) is 8.42 Å². The molecular weight excluding hydrogens is 468 g/mol. The molecule has 10 heteroatoms. The van der Waals surface area contributed by atoms with Crippen molar-refractivity contribution in [3.8, 4) is 5.75 Å². The predicted molar refractivity (Wildman–Crippen MR) is 131 cm³/mol. The van der Waals surface area contributed by atoms with Crippen LogP contribution in [0.4, 0.5) is 6.01 Å². The quantitative estimate of drug-likeness (QED) is 0.502. The molecule has 0 atom stereocenters.